The molecule has 0 unspecified atom stereocenters. The van der Waals surface area contributed by atoms with E-state index in [1.165, 1.54) is 13.0 Å². The molecule has 0 aliphatic heterocycles. The van der Waals surface area contributed by atoms with Gasteiger partial charge in [-0.25, -0.2) is 0 Å². The van der Waals surface area contributed by atoms with Gasteiger partial charge in [0.25, 0.3) is 0 Å². The number of hydrogen-bond donors (Lipinski definition) is 4. The van der Waals surface area contributed by atoms with Crippen LogP contribution in [0.3, 0.4) is 0 Å². The van der Waals surface area contributed by atoms with Crippen LogP contribution in [0.25, 0.3) is 6.08 Å². The van der Waals surface area contributed by atoms with Crippen molar-refractivity contribution in [1.82, 2.24) is 10.6 Å². The highest BCUT2D eigenvalue weighted by Gasteiger charge is 1.98. The van der Waals surface area contributed by atoms with Gasteiger partial charge in [0.15, 0.2) is 0 Å². The number of carbonyl (C=O) groups is 2. The maximum atomic E-state index is 11.5. The normalized spacial score (nSPS) is 9.85. The van der Waals surface area contributed by atoms with E-state index < -0.39 is 0 Å². The quantitative estimate of drug-likeness (QED) is 0.361. The molecule has 110 valence electrons. The predicted molar refractivity (Wildman–Crippen MR) is 83.2 cm³/mol. The minimum atomic E-state index is -0.257. The molecule has 7 heteroatoms. The first kappa shape index (κ1) is 17.8. The van der Waals surface area contributed by atoms with Gasteiger partial charge in [-0.15, -0.1) is 12.4 Å². The first-order chi connectivity index (χ1) is 8.99. The Morgan fingerprint density at radius 2 is 1.85 bits per heavy atom. The SMILES string of the molecule is CC(=O)NCCNC(=O)/C=C/c1cc(N)ccc1N.Cl. The lowest BCUT2D eigenvalue weighted by molar-refractivity contribution is -0.119. The number of nitrogens with one attached hydrogen (secondary N) is 2. The van der Waals surface area contributed by atoms with Gasteiger partial charge in [-0.2, -0.15) is 0 Å². The van der Waals surface area contributed by atoms with Crippen molar-refractivity contribution in [3.05, 3.63) is 29.8 Å². The van der Waals surface area contributed by atoms with E-state index >= 15 is 0 Å². The summed E-state index contributed by atoms with van der Waals surface area (Å²) in [5, 5.41) is 5.21. The summed E-state index contributed by atoms with van der Waals surface area (Å²) in [5.74, 6) is -0.385. The van der Waals surface area contributed by atoms with Crippen LogP contribution in [0, 0.1) is 0 Å². The molecule has 1 rings (SSSR count). The first-order valence-corrected chi connectivity index (χ1v) is 5.84. The summed E-state index contributed by atoms with van der Waals surface area (Å²) in [7, 11) is 0. The Morgan fingerprint density at radius 3 is 2.50 bits per heavy atom. The molecular weight excluding hydrogens is 280 g/mol. The fourth-order valence-corrected chi connectivity index (χ4v) is 1.39. The maximum absolute atomic E-state index is 11.5. The standard InChI is InChI=1S/C13H18N4O2.ClH/c1-9(18)16-6-7-17-13(19)5-2-10-8-11(14)3-4-12(10)15;/h2-5,8H,6-7,14-15H2,1H3,(H,16,18)(H,17,19);1H/b5-2+;. The Labute approximate surface area is 124 Å². The molecular formula is C13H19ClN4O2. The van der Waals surface area contributed by atoms with Crippen LogP contribution in [-0.4, -0.2) is 24.9 Å². The van der Waals surface area contributed by atoms with Crippen molar-refractivity contribution < 1.29 is 9.59 Å². The third-order valence-electron chi connectivity index (χ3n) is 2.32. The third kappa shape index (κ3) is 6.65. The molecule has 0 aromatic heterocycles. The minimum absolute atomic E-state index is 0. The van der Waals surface area contributed by atoms with Gasteiger partial charge in [-0.1, -0.05) is 0 Å². The predicted octanol–water partition coefficient (Wildman–Crippen LogP) is 0.538. The Hall–Kier alpha value is -2.21. The maximum Gasteiger partial charge on any atom is 0.244 e. The molecule has 0 spiro atoms. The molecule has 0 fully saturated rings. The van der Waals surface area contributed by atoms with Crippen molar-refractivity contribution in [2.24, 2.45) is 0 Å². The molecule has 0 aliphatic carbocycles. The van der Waals surface area contributed by atoms with Gasteiger partial charge in [-0.3, -0.25) is 9.59 Å². The number of rotatable bonds is 5. The second kappa shape index (κ2) is 8.82. The highest BCUT2D eigenvalue weighted by atomic mass is 35.5. The number of anilines is 2. The molecule has 0 saturated heterocycles. The monoisotopic (exact) mass is 298 g/mol. The smallest absolute Gasteiger partial charge is 0.244 e. The van der Waals surface area contributed by atoms with Crippen LogP contribution in [0.2, 0.25) is 0 Å². The molecule has 6 nitrogen and oxygen atoms in total. The molecule has 0 atom stereocenters. The van der Waals surface area contributed by atoms with Crippen molar-refractivity contribution in [2.75, 3.05) is 24.6 Å². The number of benzene rings is 1. The van der Waals surface area contributed by atoms with Gasteiger partial charge in [-0.05, 0) is 29.8 Å². The zero-order valence-corrected chi connectivity index (χ0v) is 12.0. The van der Waals surface area contributed by atoms with Crippen molar-refractivity contribution in [3.8, 4) is 0 Å². The Morgan fingerprint density at radius 1 is 1.20 bits per heavy atom. The lowest BCUT2D eigenvalue weighted by atomic mass is 10.1. The van der Waals surface area contributed by atoms with Gasteiger partial charge in [0.05, 0.1) is 0 Å². The van der Waals surface area contributed by atoms with Crippen LogP contribution in [0.1, 0.15) is 12.5 Å². The lowest BCUT2D eigenvalue weighted by Crippen LogP contribution is -2.32. The Balaban J connectivity index is 0.00000361. The molecule has 2 amide bonds. The number of amides is 2. The zero-order valence-electron chi connectivity index (χ0n) is 11.2. The molecule has 20 heavy (non-hydrogen) atoms. The van der Waals surface area contributed by atoms with E-state index in [2.05, 4.69) is 10.6 Å². The molecule has 6 N–H and O–H groups in total. The average Bonchev–Trinajstić information content (AvgIpc) is 2.35. The van der Waals surface area contributed by atoms with E-state index in [0.717, 1.165) is 0 Å². The number of hydrogen-bond acceptors (Lipinski definition) is 4. The average molecular weight is 299 g/mol. The van der Waals surface area contributed by atoms with E-state index in [1.807, 2.05) is 0 Å². The Kier molecular flexibility index (Phi) is 7.84. The summed E-state index contributed by atoms with van der Waals surface area (Å²) in [6, 6.07) is 5.07. The van der Waals surface area contributed by atoms with Crippen molar-refractivity contribution in [1.29, 1.82) is 0 Å². The van der Waals surface area contributed by atoms with Crippen LogP contribution in [0.4, 0.5) is 11.4 Å². The van der Waals surface area contributed by atoms with Crippen molar-refractivity contribution in [2.45, 2.75) is 6.92 Å². The summed E-state index contributed by atoms with van der Waals surface area (Å²) in [4.78, 5) is 22.1. The van der Waals surface area contributed by atoms with E-state index in [4.69, 9.17) is 11.5 Å². The molecule has 0 radical (unpaired) electrons. The summed E-state index contributed by atoms with van der Waals surface area (Å²) < 4.78 is 0. The molecule has 0 bridgehead atoms. The topological polar surface area (TPSA) is 110 Å². The summed E-state index contributed by atoms with van der Waals surface area (Å²) >= 11 is 0. The fraction of sp³-hybridized carbons (Fsp3) is 0.231. The second-order valence-corrected chi connectivity index (χ2v) is 4.00. The molecule has 0 heterocycles. The van der Waals surface area contributed by atoms with Gasteiger partial charge in [0.2, 0.25) is 11.8 Å². The van der Waals surface area contributed by atoms with Crippen LogP contribution in [-0.2, 0) is 9.59 Å². The molecule has 0 saturated carbocycles. The molecule has 1 aromatic carbocycles. The van der Waals surface area contributed by atoms with Crippen molar-refractivity contribution in [3.63, 3.8) is 0 Å². The van der Waals surface area contributed by atoms with E-state index in [0.29, 0.717) is 30.0 Å². The number of halogens is 1. The van der Waals surface area contributed by atoms with Crippen LogP contribution >= 0.6 is 12.4 Å². The molecule has 1 aromatic rings. The summed E-state index contributed by atoms with van der Waals surface area (Å²) in [6.45, 7) is 2.19. The molecule has 0 aliphatic rings. The van der Waals surface area contributed by atoms with Crippen LogP contribution < -0.4 is 22.1 Å². The number of nitrogen functional groups attached to an aromatic ring is 2. The Bertz CT molecular complexity index is 503. The van der Waals surface area contributed by atoms with E-state index in [9.17, 15) is 9.59 Å². The fourth-order valence-electron chi connectivity index (χ4n) is 1.39. The minimum Gasteiger partial charge on any atom is -0.399 e. The number of nitrogens with two attached hydrogens (primary N) is 2. The van der Waals surface area contributed by atoms with Gasteiger partial charge >= 0.3 is 0 Å². The lowest BCUT2D eigenvalue weighted by Gasteiger charge is -2.03. The highest BCUT2D eigenvalue weighted by molar-refractivity contribution is 5.92. The zero-order chi connectivity index (χ0) is 14.3. The van der Waals surface area contributed by atoms with Crippen molar-refractivity contribution >= 4 is 41.7 Å². The summed E-state index contributed by atoms with van der Waals surface area (Å²) in [6.07, 6.45) is 2.97. The van der Waals surface area contributed by atoms with E-state index in [-0.39, 0.29) is 24.2 Å². The van der Waals surface area contributed by atoms with Crippen LogP contribution in [0.15, 0.2) is 24.3 Å². The first-order valence-electron chi connectivity index (χ1n) is 5.84. The largest absolute Gasteiger partial charge is 0.399 e. The van der Waals surface area contributed by atoms with E-state index in [1.54, 1.807) is 24.3 Å². The number of carbonyl (C=O) groups excluding carboxylic acids is 2. The van der Waals surface area contributed by atoms with Crippen LogP contribution in [0.5, 0.6) is 0 Å². The van der Waals surface area contributed by atoms with Gasteiger partial charge in [0.1, 0.15) is 0 Å². The third-order valence-corrected chi connectivity index (χ3v) is 2.32. The second-order valence-electron chi connectivity index (χ2n) is 4.00. The highest BCUT2D eigenvalue weighted by Crippen LogP contribution is 2.16. The summed E-state index contributed by atoms with van der Waals surface area (Å²) in [5.41, 5.74) is 13.2. The van der Waals surface area contributed by atoms with Gasteiger partial charge < -0.3 is 22.1 Å². The van der Waals surface area contributed by atoms with Gasteiger partial charge in [0, 0.05) is 37.5 Å².